The van der Waals surface area contributed by atoms with E-state index in [1.807, 2.05) is 6.07 Å². The summed E-state index contributed by atoms with van der Waals surface area (Å²) in [6.07, 6.45) is 3.87. The average Bonchev–Trinajstić information content (AvgIpc) is 2.53. The van der Waals surface area contributed by atoms with Gasteiger partial charge in [0.25, 0.3) is 0 Å². The molecule has 2 heterocycles. The van der Waals surface area contributed by atoms with Gasteiger partial charge in [-0.15, -0.1) is 11.3 Å². The van der Waals surface area contributed by atoms with E-state index in [2.05, 4.69) is 10.7 Å². The predicted molar refractivity (Wildman–Crippen MR) is 53.9 cm³/mol. The van der Waals surface area contributed by atoms with Gasteiger partial charge in [-0.3, -0.25) is 0 Å². The first kappa shape index (κ1) is 8.54. The summed E-state index contributed by atoms with van der Waals surface area (Å²) < 4.78 is 0. The lowest BCUT2D eigenvalue weighted by Crippen LogP contribution is -2.26. The molecule has 0 spiro atoms. The molecule has 0 saturated carbocycles. The first-order chi connectivity index (χ1) is 5.88. The van der Waals surface area contributed by atoms with Gasteiger partial charge in [-0.25, -0.2) is 0 Å². The van der Waals surface area contributed by atoms with Gasteiger partial charge in [0.2, 0.25) is 0 Å². The van der Waals surface area contributed by atoms with Crippen LogP contribution < -0.4 is 5.32 Å². The summed E-state index contributed by atoms with van der Waals surface area (Å²) in [4.78, 5) is 1.32. The van der Waals surface area contributed by atoms with E-state index in [0.29, 0.717) is 6.04 Å². The van der Waals surface area contributed by atoms with Crippen LogP contribution in [0.3, 0.4) is 0 Å². The molecule has 2 rings (SSSR count). The zero-order valence-electron chi connectivity index (χ0n) is 6.85. The molecule has 1 aliphatic heterocycles. The Balaban J connectivity index is 2.13. The van der Waals surface area contributed by atoms with Crippen molar-refractivity contribution in [1.29, 1.82) is 0 Å². The van der Waals surface area contributed by atoms with Crippen LogP contribution in [0, 0.1) is 0 Å². The largest absolute Gasteiger partial charge is 0.309 e. The second-order valence-corrected chi connectivity index (χ2v) is 4.49. The SMILES string of the molecule is Clc1ccsc1C1CCCCN1. The maximum absolute atomic E-state index is 6.04. The van der Waals surface area contributed by atoms with Gasteiger partial charge in [0.1, 0.15) is 0 Å². The molecule has 0 aliphatic carbocycles. The Labute approximate surface area is 81.7 Å². The third-order valence-electron chi connectivity index (χ3n) is 2.27. The first-order valence-corrected chi connectivity index (χ1v) is 5.60. The Morgan fingerprint density at radius 1 is 1.50 bits per heavy atom. The topological polar surface area (TPSA) is 12.0 Å². The van der Waals surface area contributed by atoms with E-state index in [-0.39, 0.29) is 0 Å². The maximum atomic E-state index is 6.04. The standard InChI is InChI=1S/C9H12ClNS/c10-7-4-6-12-9(7)8-3-1-2-5-11-8/h4,6,8,11H,1-3,5H2. The number of piperidine rings is 1. The van der Waals surface area contributed by atoms with Crippen molar-refractivity contribution in [2.45, 2.75) is 25.3 Å². The smallest absolute Gasteiger partial charge is 0.0561 e. The number of nitrogens with one attached hydrogen (secondary N) is 1. The summed E-state index contributed by atoms with van der Waals surface area (Å²) in [5.74, 6) is 0. The predicted octanol–water partition coefficient (Wildman–Crippen LogP) is 3.22. The fourth-order valence-electron chi connectivity index (χ4n) is 1.63. The molecule has 1 unspecified atom stereocenters. The van der Waals surface area contributed by atoms with Crippen molar-refractivity contribution in [2.24, 2.45) is 0 Å². The van der Waals surface area contributed by atoms with Crippen LogP contribution in [-0.4, -0.2) is 6.54 Å². The van der Waals surface area contributed by atoms with Crippen molar-refractivity contribution in [3.05, 3.63) is 21.3 Å². The van der Waals surface area contributed by atoms with E-state index < -0.39 is 0 Å². The van der Waals surface area contributed by atoms with Crippen molar-refractivity contribution in [3.8, 4) is 0 Å². The molecule has 1 nitrogen and oxygen atoms in total. The highest BCUT2D eigenvalue weighted by Gasteiger charge is 2.17. The van der Waals surface area contributed by atoms with Crippen LogP contribution in [0.1, 0.15) is 30.2 Å². The molecule has 1 fully saturated rings. The zero-order valence-corrected chi connectivity index (χ0v) is 8.42. The van der Waals surface area contributed by atoms with Crippen LogP contribution in [-0.2, 0) is 0 Å². The average molecular weight is 202 g/mol. The van der Waals surface area contributed by atoms with Crippen LogP contribution in [0.15, 0.2) is 11.4 Å². The van der Waals surface area contributed by atoms with E-state index in [4.69, 9.17) is 11.6 Å². The minimum atomic E-state index is 0.520. The van der Waals surface area contributed by atoms with Crippen molar-refractivity contribution >= 4 is 22.9 Å². The van der Waals surface area contributed by atoms with Crippen molar-refractivity contribution in [1.82, 2.24) is 5.32 Å². The number of rotatable bonds is 1. The minimum absolute atomic E-state index is 0.520. The van der Waals surface area contributed by atoms with Crippen LogP contribution >= 0.6 is 22.9 Å². The Kier molecular flexibility index (Phi) is 2.69. The third-order valence-corrected chi connectivity index (χ3v) is 3.74. The van der Waals surface area contributed by atoms with Gasteiger partial charge in [0.15, 0.2) is 0 Å². The summed E-state index contributed by atoms with van der Waals surface area (Å²) in [5.41, 5.74) is 0. The number of halogens is 1. The van der Waals surface area contributed by atoms with Crippen LogP contribution in [0.25, 0.3) is 0 Å². The molecule has 0 amide bonds. The molecular weight excluding hydrogens is 190 g/mol. The van der Waals surface area contributed by atoms with E-state index >= 15 is 0 Å². The summed E-state index contributed by atoms with van der Waals surface area (Å²) in [7, 11) is 0. The molecule has 1 saturated heterocycles. The van der Waals surface area contributed by atoms with Gasteiger partial charge in [-0.05, 0) is 30.8 Å². The monoisotopic (exact) mass is 201 g/mol. The summed E-state index contributed by atoms with van der Waals surface area (Å²) in [6.45, 7) is 1.14. The Hall–Kier alpha value is -0.0500. The molecule has 1 aromatic rings. The highest BCUT2D eigenvalue weighted by Crippen LogP contribution is 2.32. The van der Waals surface area contributed by atoms with Crippen molar-refractivity contribution < 1.29 is 0 Å². The lowest BCUT2D eigenvalue weighted by Gasteiger charge is -2.22. The Morgan fingerprint density at radius 3 is 3.00 bits per heavy atom. The van der Waals surface area contributed by atoms with Gasteiger partial charge in [0, 0.05) is 10.9 Å². The molecule has 3 heteroatoms. The first-order valence-electron chi connectivity index (χ1n) is 4.34. The maximum Gasteiger partial charge on any atom is 0.0561 e. The summed E-state index contributed by atoms with van der Waals surface area (Å²) >= 11 is 7.81. The summed E-state index contributed by atoms with van der Waals surface area (Å²) in [6, 6.07) is 2.50. The molecular formula is C9H12ClNS. The Morgan fingerprint density at radius 2 is 2.42 bits per heavy atom. The number of hydrogen-bond donors (Lipinski definition) is 1. The quantitative estimate of drug-likeness (QED) is 0.736. The fourth-order valence-corrected chi connectivity index (χ4v) is 2.93. The van der Waals surface area contributed by atoms with Gasteiger partial charge >= 0.3 is 0 Å². The molecule has 66 valence electrons. The molecule has 1 N–H and O–H groups in total. The second-order valence-electron chi connectivity index (χ2n) is 3.14. The molecule has 1 aromatic heterocycles. The highest BCUT2D eigenvalue weighted by molar-refractivity contribution is 7.10. The molecule has 1 aliphatic rings. The zero-order chi connectivity index (χ0) is 8.39. The molecule has 0 radical (unpaired) electrons. The Bertz CT molecular complexity index is 253. The lowest BCUT2D eigenvalue weighted by molar-refractivity contribution is 0.417. The molecule has 0 bridgehead atoms. The second kappa shape index (κ2) is 3.77. The van der Waals surface area contributed by atoms with Crippen LogP contribution in [0.5, 0.6) is 0 Å². The van der Waals surface area contributed by atoms with Crippen molar-refractivity contribution in [3.63, 3.8) is 0 Å². The number of hydrogen-bond acceptors (Lipinski definition) is 2. The van der Waals surface area contributed by atoms with E-state index in [9.17, 15) is 0 Å². The van der Waals surface area contributed by atoms with E-state index in [1.165, 1.54) is 24.1 Å². The van der Waals surface area contributed by atoms with Crippen LogP contribution in [0.4, 0.5) is 0 Å². The molecule has 0 aromatic carbocycles. The summed E-state index contributed by atoms with van der Waals surface area (Å²) in [5, 5.41) is 6.48. The van der Waals surface area contributed by atoms with Gasteiger partial charge in [0.05, 0.1) is 5.02 Å². The lowest BCUT2D eigenvalue weighted by atomic mass is 10.0. The highest BCUT2D eigenvalue weighted by atomic mass is 35.5. The third kappa shape index (κ3) is 1.65. The number of thiophene rings is 1. The van der Waals surface area contributed by atoms with Crippen LogP contribution in [0.2, 0.25) is 5.02 Å². The van der Waals surface area contributed by atoms with Gasteiger partial charge in [-0.1, -0.05) is 18.0 Å². The normalized spacial score (nSPS) is 24.2. The van der Waals surface area contributed by atoms with E-state index in [0.717, 1.165) is 11.6 Å². The minimum Gasteiger partial charge on any atom is -0.309 e. The van der Waals surface area contributed by atoms with Crippen molar-refractivity contribution in [2.75, 3.05) is 6.54 Å². The fraction of sp³-hybridized carbons (Fsp3) is 0.556. The molecule has 1 atom stereocenters. The van der Waals surface area contributed by atoms with Gasteiger partial charge < -0.3 is 5.32 Å². The van der Waals surface area contributed by atoms with Gasteiger partial charge in [-0.2, -0.15) is 0 Å². The van der Waals surface area contributed by atoms with E-state index in [1.54, 1.807) is 11.3 Å². The molecule has 12 heavy (non-hydrogen) atoms.